The molecule has 7 heteroatoms. The predicted octanol–water partition coefficient (Wildman–Crippen LogP) is 0.502. The lowest BCUT2D eigenvalue weighted by Crippen LogP contribution is -2.41. The molecule has 102 valence electrons. The Labute approximate surface area is 113 Å². The van der Waals surface area contributed by atoms with Gasteiger partial charge in [-0.15, -0.1) is 11.3 Å². The van der Waals surface area contributed by atoms with Crippen LogP contribution in [-0.2, 0) is 23.2 Å². The van der Waals surface area contributed by atoms with Crippen molar-refractivity contribution in [3.8, 4) is 0 Å². The molecule has 1 aromatic rings. The van der Waals surface area contributed by atoms with Gasteiger partial charge in [0.15, 0.2) is 0 Å². The molecule has 0 aromatic carbocycles. The van der Waals surface area contributed by atoms with Crippen LogP contribution in [0.2, 0.25) is 0 Å². The van der Waals surface area contributed by atoms with Crippen molar-refractivity contribution < 1.29 is 8.42 Å². The van der Waals surface area contributed by atoms with E-state index in [0.717, 1.165) is 26.1 Å². The molecule has 0 saturated carbocycles. The maximum atomic E-state index is 11.5. The summed E-state index contributed by atoms with van der Waals surface area (Å²) in [6.45, 7) is 3.15. The maximum Gasteiger partial charge on any atom is 0.278 e. The molecule has 0 radical (unpaired) electrons. The van der Waals surface area contributed by atoms with Gasteiger partial charge >= 0.3 is 0 Å². The summed E-state index contributed by atoms with van der Waals surface area (Å²) in [4.78, 5) is 3.76. The molecule has 1 N–H and O–H groups in total. The highest BCUT2D eigenvalue weighted by molar-refractivity contribution is 7.87. The molecule has 1 aliphatic heterocycles. The molecule has 0 saturated heterocycles. The fraction of sp³-hybridized carbons (Fsp3) is 0.636. The summed E-state index contributed by atoms with van der Waals surface area (Å²) in [5.74, 6) is 0. The van der Waals surface area contributed by atoms with Crippen LogP contribution in [0.15, 0.2) is 11.4 Å². The van der Waals surface area contributed by atoms with E-state index in [1.165, 1.54) is 28.8 Å². The van der Waals surface area contributed by atoms with Crippen LogP contribution in [0.4, 0.5) is 0 Å². The molecule has 5 nitrogen and oxygen atoms in total. The minimum Gasteiger partial charge on any atom is -0.297 e. The summed E-state index contributed by atoms with van der Waals surface area (Å²) in [6, 6.07) is 2.16. The first-order chi connectivity index (χ1) is 8.49. The topological polar surface area (TPSA) is 52.7 Å². The lowest BCUT2D eigenvalue weighted by Gasteiger charge is -2.26. The second-order valence-corrected chi connectivity index (χ2v) is 7.55. The molecule has 0 spiro atoms. The molecule has 0 atom stereocenters. The average Bonchev–Trinajstić information content (AvgIpc) is 2.75. The smallest absolute Gasteiger partial charge is 0.278 e. The van der Waals surface area contributed by atoms with Crippen molar-refractivity contribution in [2.45, 2.75) is 13.0 Å². The summed E-state index contributed by atoms with van der Waals surface area (Å²) in [6.07, 6.45) is 1.08. The van der Waals surface area contributed by atoms with Crippen LogP contribution in [0.25, 0.3) is 0 Å². The third kappa shape index (κ3) is 3.30. The fourth-order valence-corrected chi connectivity index (χ4v) is 3.46. The molecule has 0 aliphatic carbocycles. The molecule has 1 aromatic heterocycles. The molecule has 1 aliphatic rings. The summed E-state index contributed by atoms with van der Waals surface area (Å²) < 4.78 is 26.8. The second kappa shape index (κ2) is 5.66. The van der Waals surface area contributed by atoms with Gasteiger partial charge in [-0.25, -0.2) is 4.72 Å². The van der Waals surface area contributed by atoms with Crippen LogP contribution in [0, 0.1) is 0 Å². The summed E-state index contributed by atoms with van der Waals surface area (Å²) in [5, 5.41) is 2.13. The highest BCUT2D eigenvalue weighted by Gasteiger charge is 2.18. The van der Waals surface area contributed by atoms with Crippen LogP contribution >= 0.6 is 11.3 Å². The highest BCUT2D eigenvalue weighted by Crippen LogP contribution is 2.23. The van der Waals surface area contributed by atoms with E-state index >= 15 is 0 Å². The van der Waals surface area contributed by atoms with E-state index in [0.29, 0.717) is 6.54 Å². The number of thiophene rings is 1. The number of rotatable bonds is 5. The SMILES string of the molecule is CN(C)S(=O)(=O)NCCN1CCc2sccc2C1. The third-order valence-electron chi connectivity index (χ3n) is 3.08. The van der Waals surface area contributed by atoms with Gasteiger partial charge in [0.2, 0.25) is 0 Å². The summed E-state index contributed by atoms with van der Waals surface area (Å²) in [7, 11) is -0.233. The molecule has 2 heterocycles. The van der Waals surface area contributed by atoms with Crippen LogP contribution in [0.3, 0.4) is 0 Å². The van der Waals surface area contributed by atoms with Gasteiger partial charge in [0, 0.05) is 45.2 Å². The lowest BCUT2D eigenvalue weighted by atomic mass is 10.1. The standard InChI is InChI=1S/C11H19N3O2S2/c1-13(2)18(15,16)12-5-7-14-6-3-11-10(9-14)4-8-17-11/h4,8,12H,3,5-7,9H2,1-2H3. The van der Waals surface area contributed by atoms with Gasteiger partial charge in [-0.1, -0.05) is 0 Å². The van der Waals surface area contributed by atoms with Crippen molar-refractivity contribution in [3.63, 3.8) is 0 Å². The Balaban J connectivity index is 1.80. The van der Waals surface area contributed by atoms with E-state index in [2.05, 4.69) is 21.1 Å². The highest BCUT2D eigenvalue weighted by atomic mass is 32.2. The van der Waals surface area contributed by atoms with Crippen molar-refractivity contribution in [3.05, 3.63) is 21.9 Å². The van der Waals surface area contributed by atoms with Crippen LogP contribution in [0.5, 0.6) is 0 Å². The molecular formula is C11H19N3O2S2. The number of fused-ring (bicyclic) bond motifs is 1. The van der Waals surface area contributed by atoms with Gasteiger partial charge in [0.05, 0.1) is 0 Å². The van der Waals surface area contributed by atoms with Gasteiger partial charge < -0.3 is 0 Å². The van der Waals surface area contributed by atoms with Crippen molar-refractivity contribution in [1.29, 1.82) is 0 Å². The lowest BCUT2D eigenvalue weighted by molar-refractivity contribution is 0.260. The zero-order chi connectivity index (χ0) is 13.2. The van der Waals surface area contributed by atoms with Crippen molar-refractivity contribution in [1.82, 2.24) is 13.9 Å². The zero-order valence-corrected chi connectivity index (χ0v) is 12.4. The molecule has 0 amide bonds. The van der Waals surface area contributed by atoms with E-state index in [-0.39, 0.29) is 0 Å². The Kier molecular flexibility index (Phi) is 4.39. The minimum atomic E-state index is -3.29. The van der Waals surface area contributed by atoms with E-state index in [9.17, 15) is 8.42 Å². The Morgan fingerprint density at radius 1 is 1.50 bits per heavy atom. The first-order valence-corrected chi connectivity index (χ1v) is 8.26. The van der Waals surface area contributed by atoms with Gasteiger partial charge in [0.1, 0.15) is 0 Å². The third-order valence-corrected chi connectivity index (χ3v) is 5.63. The minimum absolute atomic E-state index is 0.458. The summed E-state index contributed by atoms with van der Waals surface area (Å²) in [5.41, 5.74) is 1.39. The number of nitrogens with zero attached hydrogens (tertiary/aromatic N) is 2. The van der Waals surface area contributed by atoms with Gasteiger partial charge in [-0.3, -0.25) is 4.90 Å². The Hall–Kier alpha value is -0.470. The largest absolute Gasteiger partial charge is 0.297 e. The molecule has 2 rings (SSSR count). The predicted molar refractivity (Wildman–Crippen MR) is 73.9 cm³/mol. The monoisotopic (exact) mass is 289 g/mol. The van der Waals surface area contributed by atoms with E-state index in [1.54, 1.807) is 0 Å². The normalized spacial score (nSPS) is 17.1. The van der Waals surface area contributed by atoms with Gasteiger partial charge in [-0.2, -0.15) is 12.7 Å². The molecule has 0 fully saturated rings. The average molecular weight is 289 g/mol. The molecular weight excluding hydrogens is 270 g/mol. The van der Waals surface area contributed by atoms with E-state index in [4.69, 9.17) is 0 Å². The first-order valence-electron chi connectivity index (χ1n) is 5.94. The summed E-state index contributed by atoms with van der Waals surface area (Å²) >= 11 is 1.81. The van der Waals surface area contributed by atoms with Crippen LogP contribution in [0.1, 0.15) is 10.4 Å². The van der Waals surface area contributed by atoms with E-state index in [1.807, 2.05) is 11.3 Å². The number of nitrogens with one attached hydrogen (secondary N) is 1. The van der Waals surface area contributed by atoms with Gasteiger partial charge in [-0.05, 0) is 23.4 Å². The first kappa shape index (κ1) is 14.0. The maximum absolute atomic E-state index is 11.5. The van der Waals surface area contributed by atoms with Crippen molar-refractivity contribution >= 4 is 21.5 Å². The Bertz CT molecular complexity index is 496. The van der Waals surface area contributed by atoms with Crippen molar-refractivity contribution in [2.24, 2.45) is 0 Å². The molecule has 0 bridgehead atoms. The number of hydrogen-bond acceptors (Lipinski definition) is 4. The Morgan fingerprint density at radius 3 is 3.00 bits per heavy atom. The van der Waals surface area contributed by atoms with Gasteiger partial charge in [0.25, 0.3) is 10.2 Å². The quantitative estimate of drug-likeness (QED) is 0.859. The van der Waals surface area contributed by atoms with Crippen molar-refractivity contribution in [2.75, 3.05) is 33.7 Å². The van der Waals surface area contributed by atoms with Crippen LogP contribution in [-0.4, -0.2) is 51.4 Å². The fourth-order valence-electron chi connectivity index (χ4n) is 1.96. The Morgan fingerprint density at radius 2 is 2.28 bits per heavy atom. The van der Waals surface area contributed by atoms with Crippen LogP contribution < -0.4 is 4.72 Å². The van der Waals surface area contributed by atoms with E-state index < -0.39 is 10.2 Å². The molecule has 18 heavy (non-hydrogen) atoms. The molecule has 0 unspecified atom stereocenters. The zero-order valence-electron chi connectivity index (χ0n) is 10.7. The number of hydrogen-bond donors (Lipinski definition) is 1. The second-order valence-electron chi connectivity index (χ2n) is 4.58.